The van der Waals surface area contributed by atoms with Gasteiger partial charge in [-0.15, -0.1) is 4.90 Å². The number of nitrogens with zero attached hydrogens (tertiary/aromatic N) is 3. The van der Waals surface area contributed by atoms with Crippen molar-refractivity contribution in [1.82, 2.24) is 9.97 Å². The predicted octanol–water partition coefficient (Wildman–Crippen LogP) is 3.50. The molecular formula is C32H43N5O12. The molecule has 2 saturated heterocycles. The molecule has 4 N–H and O–H groups in total. The summed E-state index contributed by atoms with van der Waals surface area (Å²) in [5.74, 6) is -3.89. The Labute approximate surface area is 282 Å². The van der Waals surface area contributed by atoms with Gasteiger partial charge in [0.05, 0.1) is 6.61 Å². The summed E-state index contributed by atoms with van der Waals surface area (Å²) < 4.78 is 34.5. The number of aromatic amines is 1. The maximum Gasteiger partial charge on any atom is 0.427 e. The van der Waals surface area contributed by atoms with Gasteiger partial charge in [-0.1, -0.05) is 30.3 Å². The zero-order valence-electron chi connectivity index (χ0n) is 28.8. The molecule has 4 heterocycles. The van der Waals surface area contributed by atoms with Crippen molar-refractivity contribution in [3.8, 4) is 0 Å². The normalized spacial score (nSPS) is 24.7. The van der Waals surface area contributed by atoms with E-state index < -0.39 is 94.7 Å². The van der Waals surface area contributed by atoms with Crippen molar-refractivity contribution in [1.29, 1.82) is 0 Å². The van der Waals surface area contributed by atoms with E-state index in [4.69, 9.17) is 28.4 Å². The summed E-state index contributed by atoms with van der Waals surface area (Å²) in [6.45, 7) is 14.0. The van der Waals surface area contributed by atoms with E-state index >= 15 is 0 Å². The third kappa shape index (κ3) is 7.65. The minimum Gasteiger partial charge on any atom is -0.443 e. The Morgan fingerprint density at radius 1 is 0.918 bits per heavy atom. The first-order chi connectivity index (χ1) is 22.6. The van der Waals surface area contributed by atoms with Crippen LogP contribution in [-0.4, -0.2) is 92.1 Å². The smallest absolute Gasteiger partial charge is 0.427 e. The summed E-state index contributed by atoms with van der Waals surface area (Å²) in [6.07, 6.45) is -8.67. The lowest BCUT2D eigenvalue weighted by molar-refractivity contribution is -0.380. The van der Waals surface area contributed by atoms with Gasteiger partial charge in [0.25, 0.3) is 5.56 Å². The lowest BCUT2D eigenvalue weighted by Gasteiger charge is -2.55. The molecule has 0 aliphatic carbocycles. The fourth-order valence-electron chi connectivity index (χ4n) is 5.33. The molecule has 3 aliphatic heterocycles. The molecular weight excluding hydrogens is 646 g/mol. The highest BCUT2D eigenvalue weighted by Gasteiger charge is 2.63. The molecule has 5 atom stereocenters. The SMILES string of the molecule is CC(C)(C)OC(=O)N(C(=O)OC(C)(C)C)c1nc2c(c(=O)[nH]1)N[C@@H]1[C@@H](O[C@@H]3COC(c4ccccc4)O[C@@H]3C1(O)O)N2C(=O)OC(C)(C)C. The molecule has 0 spiro atoms. The van der Waals surface area contributed by atoms with E-state index in [2.05, 4.69) is 15.3 Å². The number of aromatic nitrogens is 2. The van der Waals surface area contributed by atoms with Crippen molar-refractivity contribution < 1.29 is 53.0 Å². The summed E-state index contributed by atoms with van der Waals surface area (Å²) in [5, 5.41) is 26.1. The van der Waals surface area contributed by atoms with E-state index in [1.165, 1.54) is 0 Å². The molecule has 3 amide bonds. The van der Waals surface area contributed by atoms with Crippen LogP contribution in [0.2, 0.25) is 0 Å². The monoisotopic (exact) mass is 689 g/mol. The molecule has 17 nitrogen and oxygen atoms in total. The summed E-state index contributed by atoms with van der Waals surface area (Å²) >= 11 is 0. The molecule has 268 valence electrons. The van der Waals surface area contributed by atoms with Crippen LogP contribution >= 0.6 is 0 Å². The number of anilines is 3. The van der Waals surface area contributed by atoms with E-state index in [0.717, 1.165) is 4.90 Å². The fraction of sp³-hybridized carbons (Fsp3) is 0.594. The lowest BCUT2D eigenvalue weighted by Crippen LogP contribution is -2.76. The first-order valence-corrected chi connectivity index (χ1v) is 15.7. The molecule has 0 saturated carbocycles. The molecule has 0 bridgehead atoms. The average molecular weight is 690 g/mol. The topological polar surface area (TPSA) is 211 Å². The van der Waals surface area contributed by atoms with Crippen LogP contribution in [0.1, 0.15) is 74.2 Å². The van der Waals surface area contributed by atoms with Gasteiger partial charge in [0.2, 0.25) is 11.7 Å². The van der Waals surface area contributed by atoms with Crippen LogP contribution in [0.25, 0.3) is 0 Å². The maximum absolute atomic E-state index is 13.9. The van der Waals surface area contributed by atoms with Gasteiger partial charge >= 0.3 is 18.3 Å². The van der Waals surface area contributed by atoms with Crippen molar-refractivity contribution >= 4 is 35.7 Å². The highest BCUT2D eigenvalue weighted by molar-refractivity contribution is 6.08. The van der Waals surface area contributed by atoms with Gasteiger partial charge in [-0.2, -0.15) is 4.98 Å². The fourth-order valence-corrected chi connectivity index (χ4v) is 5.33. The van der Waals surface area contributed by atoms with Gasteiger partial charge in [-0.05, 0) is 62.3 Å². The van der Waals surface area contributed by atoms with Crippen LogP contribution < -0.4 is 20.7 Å². The number of carbonyl (C=O) groups excluding carboxylic acids is 3. The van der Waals surface area contributed by atoms with Crippen molar-refractivity contribution in [3.63, 3.8) is 0 Å². The predicted molar refractivity (Wildman–Crippen MR) is 172 cm³/mol. The first kappa shape index (κ1) is 36.0. The van der Waals surface area contributed by atoms with Crippen LogP contribution in [0.5, 0.6) is 0 Å². The molecule has 1 aromatic carbocycles. The second kappa shape index (κ2) is 12.5. The van der Waals surface area contributed by atoms with E-state index in [1.807, 2.05) is 0 Å². The molecule has 3 aliphatic rings. The molecule has 1 unspecified atom stereocenters. The number of benzene rings is 1. The van der Waals surface area contributed by atoms with Gasteiger partial charge < -0.3 is 44.0 Å². The molecule has 49 heavy (non-hydrogen) atoms. The van der Waals surface area contributed by atoms with Crippen LogP contribution in [0.3, 0.4) is 0 Å². The molecule has 2 fully saturated rings. The lowest BCUT2D eigenvalue weighted by atomic mass is 9.89. The van der Waals surface area contributed by atoms with E-state index in [9.17, 15) is 29.4 Å². The van der Waals surface area contributed by atoms with E-state index in [-0.39, 0.29) is 6.61 Å². The van der Waals surface area contributed by atoms with Gasteiger partial charge in [0.15, 0.2) is 18.3 Å². The largest absolute Gasteiger partial charge is 0.443 e. The maximum atomic E-state index is 13.9. The summed E-state index contributed by atoms with van der Waals surface area (Å²) in [4.78, 5) is 62.2. The Balaban J connectivity index is 1.61. The minimum absolute atomic E-state index is 0.176. The first-order valence-electron chi connectivity index (χ1n) is 15.7. The van der Waals surface area contributed by atoms with Gasteiger partial charge in [-0.25, -0.2) is 19.3 Å². The highest BCUT2D eigenvalue weighted by atomic mass is 16.7. The number of amides is 3. The Morgan fingerprint density at radius 3 is 2.04 bits per heavy atom. The number of hydrogen-bond donors (Lipinski definition) is 4. The zero-order chi connectivity index (χ0) is 36.3. The number of rotatable bonds is 2. The van der Waals surface area contributed by atoms with Gasteiger partial charge in [0, 0.05) is 5.56 Å². The standard InChI is InChI=1S/C32H43N5O12/c1-29(2,3)47-26(39)36-21-18(22(38)35-25(34-21)37(27(40)48-30(4,5)6)28(41)49-31(7,8)9)33-19-23(36)45-17-15-44-24(16-13-11-10-12-14-16)46-20(17)32(19,42)43/h10-14,17,19-20,23-24,33,42-43H,15H2,1-9H3,(H,34,35,38)/t17-,19-,20+,23-,24?/m1/s1. The minimum atomic E-state index is -2.77. The van der Waals surface area contributed by atoms with Crippen LogP contribution in [0.15, 0.2) is 35.1 Å². The van der Waals surface area contributed by atoms with Crippen molar-refractivity contribution in [2.45, 2.75) is 116 Å². The Hall–Kier alpha value is -4.29. The number of aliphatic hydroxyl groups is 2. The number of fused-ring (bicyclic) bond motifs is 3. The second-order valence-electron chi connectivity index (χ2n) is 14.8. The van der Waals surface area contributed by atoms with Crippen LogP contribution in [-0.2, 0) is 28.4 Å². The Kier molecular flexibility index (Phi) is 9.22. The van der Waals surface area contributed by atoms with Crippen molar-refractivity contribution in [2.75, 3.05) is 21.7 Å². The zero-order valence-corrected chi connectivity index (χ0v) is 28.8. The second-order valence-corrected chi connectivity index (χ2v) is 14.8. The number of hydrogen-bond acceptors (Lipinski definition) is 14. The summed E-state index contributed by atoms with van der Waals surface area (Å²) in [6, 6.07) is 7.22. The molecule has 5 rings (SSSR count). The van der Waals surface area contributed by atoms with Crippen molar-refractivity contribution in [3.05, 3.63) is 46.2 Å². The third-order valence-corrected chi connectivity index (χ3v) is 7.19. The van der Waals surface area contributed by atoms with Gasteiger partial charge in [-0.3, -0.25) is 9.78 Å². The van der Waals surface area contributed by atoms with E-state index in [1.54, 1.807) is 92.6 Å². The van der Waals surface area contributed by atoms with Crippen molar-refractivity contribution in [2.24, 2.45) is 0 Å². The number of ether oxygens (including phenoxy) is 6. The molecule has 1 aromatic heterocycles. The number of imide groups is 1. The van der Waals surface area contributed by atoms with Crippen LogP contribution in [0.4, 0.5) is 31.8 Å². The Morgan fingerprint density at radius 2 is 1.49 bits per heavy atom. The number of carbonyl (C=O) groups is 3. The average Bonchev–Trinajstić information content (AvgIpc) is 2.94. The molecule has 2 aromatic rings. The van der Waals surface area contributed by atoms with E-state index in [0.29, 0.717) is 10.5 Å². The third-order valence-electron chi connectivity index (χ3n) is 7.19. The Bertz CT molecular complexity index is 1610. The molecule has 17 heteroatoms. The molecule has 0 radical (unpaired) electrons. The summed E-state index contributed by atoms with van der Waals surface area (Å²) in [7, 11) is 0. The number of H-pyrrole nitrogens is 1. The quantitative estimate of drug-likeness (QED) is 0.263. The highest BCUT2D eigenvalue weighted by Crippen LogP contribution is 2.44. The number of nitrogens with one attached hydrogen (secondary N) is 2. The summed E-state index contributed by atoms with van der Waals surface area (Å²) in [5.41, 5.74) is -4.05. The van der Waals surface area contributed by atoms with Crippen LogP contribution in [0, 0.1) is 0 Å². The van der Waals surface area contributed by atoms with Gasteiger partial charge in [0.1, 0.15) is 40.7 Å².